The van der Waals surface area contributed by atoms with Crippen molar-refractivity contribution in [2.45, 2.75) is 59.0 Å². The summed E-state index contributed by atoms with van der Waals surface area (Å²) < 4.78 is 2.18. The van der Waals surface area contributed by atoms with Crippen LogP contribution in [0.2, 0.25) is 0 Å². The van der Waals surface area contributed by atoms with Gasteiger partial charge in [-0.05, 0) is 26.7 Å². The maximum absolute atomic E-state index is 5.66. The van der Waals surface area contributed by atoms with E-state index in [1.165, 1.54) is 0 Å². The molecule has 0 saturated carbocycles. The van der Waals surface area contributed by atoms with Gasteiger partial charge in [-0.1, -0.05) is 13.8 Å². The summed E-state index contributed by atoms with van der Waals surface area (Å²) in [5.41, 5.74) is 5.66. The molecule has 4 nitrogen and oxygen atoms in total. The van der Waals surface area contributed by atoms with Gasteiger partial charge in [0.2, 0.25) is 0 Å². The van der Waals surface area contributed by atoms with Crippen LogP contribution in [0, 0.1) is 0 Å². The van der Waals surface area contributed by atoms with Crippen LogP contribution in [0.5, 0.6) is 0 Å². The van der Waals surface area contributed by atoms with Gasteiger partial charge in [-0.2, -0.15) is 0 Å². The number of hydrogen-bond donors (Lipinski definition) is 1. The van der Waals surface area contributed by atoms with Gasteiger partial charge in [0.15, 0.2) is 0 Å². The van der Waals surface area contributed by atoms with Gasteiger partial charge >= 0.3 is 0 Å². The van der Waals surface area contributed by atoms with E-state index in [0.717, 1.165) is 24.5 Å². The van der Waals surface area contributed by atoms with E-state index in [2.05, 4.69) is 42.5 Å². The fourth-order valence-electron chi connectivity index (χ4n) is 1.97. The van der Waals surface area contributed by atoms with E-state index in [4.69, 9.17) is 5.73 Å². The molecular weight excluding hydrogens is 188 g/mol. The summed E-state index contributed by atoms with van der Waals surface area (Å²) in [5, 5.41) is 8.44. The number of nitrogens with two attached hydrogens (primary N) is 1. The fourth-order valence-corrected chi connectivity index (χ4v) is 1.97. The summed E-state index contributed by atoms with van der Waals surface area (Å²) in [4.78, 5) is 0. The minimum Gasteiger partial charge on any atom is -0.324 e. The second-order valence-corrected chi connectivity index (χ2v) is 4.16. The molecule has 0 amide bonds. The number of nitrogens with zero attached hydrogens (tertiary/aromatic N) is 3. The number of aromatic nitrogens is 3. The van der Waals surface area contributed by atoms with E-state index in [0.29, 0.717) is 18.5 Å². The van der Waals surface area contributed by atoms with Crippen molar-refractivity contribution in [3.63, 3.8) is 0 Å². The Bertz CT molecular complexity index is 300. The van der Waals surface area contributed by atoms with E-state index in [1.807, 2.05) is 0 Å². The number of hydrogen-bond acceptors (Lipinski definition) is 3. The van der Waals surface area contributed by atoms with E-state index in [9.17, 15) is 0 Å². The van der Waals surface area contributed by atoms with Crippen LogP contribution < -0.4 is 5.73 Å². The molecule has 1 aromatic heterocycles. The van der Waals surface area contributed by atoms with Gasteiger partial charge in [-0.15, -0.1) is 10.2 Å². The zero-order valence-electron chi connectivity index (χ0n) is 10.2. The third kappa shape index (κ3) is 2.37. The van der Waals surface area contributed by atoms with Crippen LogP contribution in [0.25, 0.3) is 0 Å². The lowest BCUT2D eigenvalue weighted by Crippen LogP contribution is -2.15. The van der Waals surface area contributed by atoms with Crippen LogP contribution in [-0.2, 0) is 6.54 Å². The van der Waals surface area contributed by atoms with Crippen LogP contribution in [0.15, 0.2) is 0 Å². The van der Waals surface area contributed by atoms with Crippen LogP contribution in [-0.4, -0.2) is 14.8 Å². The Hall–Kier alpha value is -0.900. The molecule has 0 radical (unpaired) electrons. The largest absolute Gasteiger partial charge is 0.324 e. The molecule has 0 aliphatic rings. The highest BCUT2D eigenvalue weighted by atomic mass is 15.3. The Morgan fingerprint density at radius 2 is 1.80 bits per heavy atom. The first kappa shape index (κ1) is 12.2. The van der Waals surface area contributed by atoms with Gasteiger partial charge in [0, 0.05) is 12.0 Å². The maximum Gasteiger partial charge on any atom is 0.147 e. The molecule has 1 heterocycles. The van der Waals surface area contributed by atoms with Crippen LogP contribution in [0.1, 0.15) is 64.1 Å². The first-order chi connectivity index (χ1) is 7.15. The molecule has 0 bridgehead atoms. The minimum absolute atomic E-state index is 0.383. The first-order valence-electron chi connectivity index (χ1n) is 5.79. The second-order valence-electron chi connectivity index (χ2n) is 4.16. The summed E-state index contributed by atoms with van der Waals surface area (Å²) >= 11 is 0. The standard InChI is InChI=1S/C11H22N4/c1-5-9(6-2)11-14-13-10(7-12)15(11)8(3)4/h8-9H,5-7,12H2,1-4H3. The molecule has 1 rings (SSSR count). The zero-order chi connectivity index (χ0) is 11.4. The summed E-state index contributed by atoms with van der Waals surface area (Å²) in [5.74, 6) is 2.49. The van der Waals surface area contributed by atoms with E-state index in [1.54, 1.807) is 0 Å². The monoisotopic (exact) mass is 210 g/mol. The Kier molecular flexibility index (Phi) is 4.27. The molecule has 0 aliphatic heterocycles. The van der Waals surface area contributed by atoms with Crippen molar-refractivity contribution >= 4 is 0 Å². The fraction of sp³-hybridized carbons (Fsp3) is 0.818. The highest BCUT2D eigenvalue weighted by Crippen LogP contribution is 2.24. The Morgan fingerprint density at radius 1 is 1.20 bits per heavy atom. The van der Waals surface area contributed by atoms with Crippen LogP contribution in [0.4, 0.5) is 0 Å². The van der Waals surface area contributed by atoms with Crippen molar-refractivity contribution in [3.8, 4) is 0 Å². The van der Waals surface area contributed by atoms with Crippen LogP contribution >= 0.6 is 0 Å². The number of rotatable bonds is 5. The Morgan fingerprint density at radius 3 is 2.20 bits per heavy atom. The summed E-state index contributed by atoms with van der Waals surface area (Å²) in [6.07, 6.45) is 2.21. The highest BCUT2D eigenvalue weighted by molar-refractivity contribution is 5.03. The molecule has 0 unspecified atom stereocenters. The van der Waals surface area contributed by atoms with Crippen molar-refractivity contribution in [2.75, 3.05) is 0 Å². The minimum atomic E-state index is 0.383. The topological polar surface area (TPSA) is 56.7 Å². The normalized spacial score (nSPS) is 11.7. The van der Waals surface area contributed by atoms with Crippen molar-refractivity contribution in [3.05, 3.63) is 11.6 Å². The lowest BCUT2D eigenvalue weighted by atomic mass is 10.0. The van der Waals surface area contributed by atoms with Gasteiger partial charge in [0.1, 0.15) is 11.6 Å². The molecule has 4 heteroatoms. The molecular formula is C11H22N4. The van der Waals surface area contributed by atoms with E-state index < -0.39 is 0 Å². The van der Waals surface area contributed by atoms with Gasteiger partial charge in [0.25, 0.3) is 0 Å². The third-order valence-corrected chi connectivity index (χ3v) is 2.84. The SMILES string of the molecule is CCC(CC)c1nnc(CN)n1C(C)C. The lowest BCUT2D eigenvalue weighted by molar-refractivity contribution is 0.494. The molecule has 0 spiro atoms. The van der Waals surface area contributed by atoms with Crippen molar-refractivity contribution in [2.24, 2.45) is 5.73 Å². The molecule has 0 aromatic carbocycles. The zero-order valence-corrected chi connectivity index (χ0v) is 10.2. The Balaban J connectivity index is 3.11. The predicted molar refractivity (Wildman–Crippen MR) is 61.6 cm³/mol. The maximum atomic E-state index is 5.66. The second kappa shape index (κ2) is 5.26. The van der Waals surface area contributed by atoms with Crippen molar-refractivity contribution in [1.29, 1.82) is 0 Å². The molecule has 15 heavy (non-hydrogen) atoms. The van der Waals surface area contributed by atoms with Gasteiger partial charge in [-0.25, -0.2) is 0 Å². The summed E-state index contributed by atoms with van der Waals surface area (Å²) in [7, 11) is 0. The lowest BCUT2D eigenvalue weighted by Gasteiger charge is -2.18. The van der Waals surface area contributed by atoms with E-state index >= 15 is 0 Å². The van der Waals surface area contributed by atoms with E-state index in [-0.39, 0.29) is 0 Å². The molecule has 1 aromatic rings. The molecule has 0 fully saturated rings. The molecule has 2 N–H and O–H groups in total. The van der Waals surface area contributed by atoms with Gasteiger partial charge < -0.3 is 10.3 Å². The van der Waals surface area contributed by atoms with Gasteiger partial charge in [0.05, 0.1) is 6.54 Å². The van der Waals surface area contributed by atoms with Crippen molar-refractivity contribution < 1.29 is 0 Å². The van der Waals surface area contributed by atoms with Crippen LogP contribution in [0.3, 0.4) is 0 Å². The molecule has 86 valence electrons. The third-order valence-electron chi connectivity index (χ3n) is 2.84. The predicted octanol–water partition coefficient (Wildman–Crippen LogP) is 2.22. The first-order valence-corrected chi connectivity index (χ1v) is 5.79. The highest BCUT2D eigenvalue weighted by Gasteiger charge is 2.19. The molecule has 0 aliphatic carbocycles. The summed E-state index contributed by atoms with van der Waals surface area (Å²) in [6.45, 7) is 9.14. The quantitative estimate of drug-likeness (QED) is 0.810. The average molecular weight is 210 g/mol. The van der Waals surface area contributed by atoms with Crippen molar-refractivity contribution in [1.82, 2.24) is 14.8 Å². The molecule has 0 atom stereocenters. The molecule has 0 saturated heterocycles. The smallest absolute Gasteiger partial charge is 0.147 e. The Labute approximate surface area is 91.9 Å². The summed E-state index contributed by atoms with van der Waals surface area (Å²) in [6, 6.07) is 0.383. The average Bonchev–Trinajstić information content (AvgIpc) is 2.63. The van der Waals surface area contributed by atoms with Gasteiger partial charge in [-0.3, -0.25) is 0 Å².